The third-order valence-corrected chi connectivity index (χ3v) is 4.62. The van der Waals surface area contributed by atoms with Gasteiger partial charge in [-0.2, -0.15) is 11.1 Å². The standard InChI is InChI=1S/C7H15ClSi/c1-5-9(4,8)6-7(2)3/h5,7H,1,6H2,2-4H3. The monoisotopic (exact) mass is 162 g/mol. The molecule has 0 aromatic carbocycles. The molecule has 0 saturated heterocycles. The highest BCUT2D eigenvalue weighted by Crippen LogP contribution is 2.20. The third-order valence-electron chi connectivity index (χ3n) is 1.23. The highest BCUT2D eigenvalue weighted by atomic mass is 35.6. The molecular weight excluding hydrogens is 148 g/mol. The van der Waals surface area contributed by atoms with Crippen LogP contribution in [-0.2, 0) is 0 Å². The van der Waals surface area contributed by atoms with Crippen molar-refractivity contribution in [2.45, 2.75) is 26.4 Å². The molecule has 0 aliphatic carbocycles. The van der Waals surface area contributed by atoms with E-state index in [1.54, 1.807) is 0 Å². The fourth-order valence-electron chi connectivity index (χ4n) is 0.882. The van der Waals surface area contributed by atoms with E-state index in [1.807, 2.05) is 5.70 Å². The lowest BCUT2D eigenvalue weighted by atomic mass is 10.3. The maximum absolute atomic E-state index is 6.14. The molecule has 0 amide bonds. The van der Waals surface area contributed by atoms with E-state index in [-0.39, 0.29) is 0 Å². The summed E-state index contributed by atoms with van der Waals surface area (Å²) in [4.78, 5) is 0. The zero-order valence-corrected chi connectivity index (χ0v) is 8.20. The minimum Gasteiger partial charge on any atom is -0.162 e. The highest BCUT2D eigenvalue weighted by Gasteiger charge is 2.20. The second-order valence-electron chi connectivity index (χ2n) is 3.08. The molecule has 9 heavy (non-hydrogen) atoms. The Balaban J connectivity index is 3.71. The second kappa shape index (κ2) is 3.42. The maximum Gasteiger partial charge on any atom is 0.176 e. The highest BCUT2D eigenvalue weighted by molar-refractivity contribution is 7.22. The van der Waals surface area contributed by atoms with Gasteiger partial charge in [0, 0.05) is 0 Å². The molecule has 0 spiro atoms. The van der Waals surface area contributed by atoms with E-state index in [4.69, 9.17) is 11.1 Å². The quantitative estimate of drug-likeness (QED) is 0.442. The van der Waals surface area contributed by atoms with Gasteiger partial charge in [-0.3, -0.25) is 0 Å². The lowest BCUT2D eigenvalue weighted by Crippen LogP contribution is -2.20. The fraction of sp³-hybridized carbons (Fsp3) is 0.714. The molecule has 0 aliphatic rings. The average Bonchev–Trinajstić information content (AvgIpc) is 1.63. The molecule has 54 valence electrons. The van der Waals surface area contributed by atoms with Crippen molar-refractivity contribution in [1.82, 2.24) is 0 Å². The molecule has 0 aliphatic heterocycles. The Hall–Kier alpha value is 0.247. The van der Waals surface area contributed by atoms with Crippen LogP contribution in [0.2, 0.25) is 12.6 Å². The van der Waals surface area contributed by atoms with Crippen molar-refractivity contribution >= 4 is 18.5 Å². The van der Waals surface area contributed by atoms with Crippen LogP contribution in [-0.4, -0.2) is 7.38 Å². The summed E-state index contributed by atoms with van der Waals surface area (Å²) < 4.78 is 0. The number of halogens is 1. The normalized spacial score (nSPS) is 17.4. The van der Waals surface area contributed by atoms with Crippen LogP contribution in [0.25, 0.3) is 0 Å². The van der Waals surface area contributed by atoms with Crippen molar-refractivity contribution < 1.29 is 0 Å². The van der Waals surface area contributed by atoms with Crippen molar-refractivity contribution in [2.24, 2.45) is 5.92 Å². The first-order valence-corrected chi connectivity index (χ1v) is 7.10. The molecule has 0 radical (unpaired) electrons. The van der Waals surface area contributed by atoms with E-state index in [9.17, 15) is 0 Å². The predicted octanol–water partition coefficient (Wildman–Crippen LogP) is 3.18. The topological polar surface area (TPSA) is 0 Å². The first kappa shape index (κ1) is 9.25. The van der Waals surface area contributed by atoms with Gasteiger partial charge < -0.3 is 0 Å². The van der Waals surface area contributed by atoms with Crippen LogP contribution in [0.15, 0.2) is 12.3 Å². The largest absolute Gasteiger partial charge is 0.176 e. The molecule has 0 nitrogen and oxygen atoms in total. The minimum atomic E-state index is -1.50. The zero-order chi connectivity index (χ0) is 7.49. The van der Waals surface area contributed by atoms with Gasteiger partial charge in [0.15, 0.2) is 7.38 Å². The van der Waals surface area contributed by atoms with Gasteiger partial charge in [0.2, 0.25) is 0 Å². The molecule has 0 aromatic heterocycles. The molecule has 1 atom stereocenters. The van der Waals surface area contributed by atoms with Crippen molar-refractivity contribution in [3.05, 3.63) is 12.3 Å². The summed E-state index contributed by atoms with van der Waals surface area (Å²) in [5.41, 5.74) is 1.94. The van der Waals surface area contributed by atoms with E-state index < -0.39 is 7.38 Å². The lowest BCUT2D eigenvalue weighted by Gasteiger charge is -2.15. The summed E-state index contributed by atoms with van der Waals surface area (Å²) in [5, 5.41) is 0. The summed E-state index contributed by atoms with van der Waals surface area (Å²) in [6, 6.07) is 1.14. The lowest BCUT2D eigenvalue weighted by molar-refractivity contribution is 0.726. The van der Waals surface area contributed by atoms with Gasteiger partial charge in [-0.05, 0) is 12.0 Å². The number of rotatable bonds is 3. The van der Waals surface area contributed by atoms with Gasteiger partial charge in [0.25, 0.3) is 0 Å². The first-order chi connectivity index (χ1) is 3.98. The van der Waals surface area contributed by atoms with Crippen LogP contribution in [0.5, 0.6) is 0 Å². The van der Waals surface area contributed by atoms with E-state index >= 15 is 0 Å². The molecular formula is C7H15ClSi. The number of hydrogen-bond acceptors (Lipinski definition) is 0. The van der Waals surface area contributed by atoms with E-state index in [0.717, 1.165) is 6.04 Å². The second-order valence-corrected chi connectivity index (χ2v) is 9.04. The summed E-state index contributed by atoms with van der Waals surface area (Å²) in [6.07, 6.45) is 0. The smallest absolute Gasteiger partial charge is 0.162 e. The van der Waals surface area contributed by atoms with Gasteiger partial charge in [0.05, 0.1) is 0 Å². The fourth-order valence-corrected chi connectivity index (χ4v) is 3.57. The van der Waals surface area contributed by atoms with Gasteiger partial charge >= 0.3 is 0 Å². The Labute approximate surface area is 63.6 Å². The van der Waals surface area contributed by atoms with E-state index in [0.29, 0.717) is 5.92 Å². The van der Waals surface area contributed by atoms with Crippen LogP contribution in [0.3, 0.4) is 0 Å². The van der Waals surface area contributed by atoms with Crippen LogP contribution >= 0.6 is 11.1 Å². The Morgan fingerprint density at radius 3 is 2.22 bits per heavy atom. The maximum atomic E-state index is 6.14. The Morgan fingerprint density at radius 1 is 1.67 bits per heavy atom. The van der Waals surface area contributed by atoms with Crippen molar-refractivity contribution in [2.75, 3.05) is 0 Å². The van der Waals surface area contributed by atoms with Crippen LogP contribution in [0.1, 0.15) is 13.8 Å². The minimum absolute atomic E-state index is 0.706. The molecule has 1 unspecified atom stereocenters. The molecule has 2 heteroatoms. The molecule has 0 aromatic rings. The van der Waals surface area contributed by atoms with Gasteiger partial charge in [-0.15, -0.1) is 6.58 Å². The van der Waals surface area contributed by atoms with Crippen LogP contribution in [0.4, 0.5) is 0 Å². The van der Waals surface area contributed by atoms with E-state index in [2.05, 4.69) is 27.0 Å². The van der Waals surface area contributed by atoms with Crippen LogP contribution in [0, 0.1) is 5.92 Å². The van der Waals surface area contributed by atoms with Gasteiger partial charge in [-0.1, -0.05) is 26.1 Å². The molecule has 0 bridgehead atoms. The van der Waals surface area contributed by atoms with Gasteiger partial charge in [-0.25, -0.2) is 0 Å². The van der Waals surface area contributed by atoms with Crippen molar-refractivity contribution in [1.29, 1.82) is 0 Å². The summed E-state index contributed by atoms with van der Waals surface area (Å²) in [7, 11) is -1.50. The first-order valence-electron chi connectivity index (χ1n) is 3.30. The molecule has 0 heterocycles. The Kier molecular flexibility index (Phi) is 3.52. The van der Waals surface area contributed by atoms with Crippen LogP contribution < -0.4 is 0 Å². The summed E-state index contributed by atoms with van der Waals surface area (Å²) >= 11 is 6.14. The molecule has 0 fully saturated rings. The zero-order valence-electron chi connectivity index (χ0n) is 6.45. The summed E-state index contributed by atoms with van der Waals surface area (Å²) in [6.45, 7) is 10.2. The van der Waals surface area contributed by atoms with Gasteiger partial charge in [0.1, 0.15) is 0 Å². The number of hydrogen-bond donors (Lipinski definition) is 0. The third kappa shape index (κ3) is 4.73. The SMILES string of the molecule is C=C[Si](C)(Cl)CC(C)C. The van der Waals surface area contributed by atoms with Crippen molar-refractivity contribution in [3.63, 3.8) is 0 Å². The molecule has 0 N–H and O–H groups in total. The molecule has 0 rings (SSSR count). The Bertz CT molecular complexity index is 97.1. The molecule has 0 saturated carbocycles. The van der Waals surface area contributed by atoms with Crippen molar-refractivity contribution in [3.8, 4) is 0 Å². The summed E-state index contributed by atoms with van der Waals surface area (Å²) in [5.74, 6) is 0.706. The predicted molar refractivity (Wildman–Crippen MR) is 47.3 cm³/mol. The Morgan fingerprint density at radius 2 is 2.11 bits per heavy atom. The average molecular weight is 163 g/mol. The van der Waals surface area contributed by atoms with E-state index in [1.165, 1.54) is 0 Å².